The molecule has 0 unspecified atom stereocenters. The van der Waals surface area contributed by atoms with Crippen molar-refractivity contribution in [1.82, 2.24) is 5.32 Å². The molecule has 1 aliphatic heterocycles. The van der Waals surface area contributed by atoms with E-state index in [1.165, 1.54) is 5.56 Å². The number of rotatable bonds is 1. The Balaban J connectivity index is 0.00000128. The standard InChI is InChI=1S/C11H12BrNO2.ClH/c1-7-2-3-8(12)6-9(7)10-4-5-15-11(14)13-10;/h2-3,6,10H,4-5H2,1H3,(H,13,14);1H/t10-;/m1./s1. The Labute approximate surface area is 109 Å². The van der Waals surface area contributed by atoms with Crippen LogP contribution in [0, 0.1) is 6.92 Å². The Morgan fingerprint density at radius 3 is 2.94 bits per heavy atom. The summed E-state index contributed by atoms with van der Waals surface area (Å²) in [6.45, 7) is 2.53. The maximum absolute atomic E-state index is 11.1. The zero-order valence-corrected chi connectivity index (χ0v) is 11.2. The van der Waals surface area contributed by atoms with Gasteiger partial charge in [0.1, 0.15) is 0 Å². The molecule has 0 radical (unpaired) electrons. The number of halogens is 2. The van der Waals surface area contributed by atoms with E-state index in [0.717, 1.165) is 16.5 Å². The van der Waals surface area contributed by atoms with Gasteiger partial charge in [0.2, 0.25) is 0 Å². The van der Waals surface area contributed by atoms with Gasteiger partial charge in [-0.3, -0.25) is 0 Å². The first-order chi connectivity index (χ1) is 7.16. The lowest BCUT2D eigenvalue weighted by molar-refractivity contribution is 0.115. The molecule has 2 rings (SSSR count). The van der Waals surface area contributed by atoms with Gasteiger partial charge in [-0.1, -0.05) is 22.0 Å². The normalized spacial score (nSPS) is 19.4. The van der Waals surface area contributed by atoms with E-state index >= 15 is 0 Å². The highest BCUT2D eigenvalue weighted by Gasteiger charge is 2.21. The predicted octanol–water partition coefficient (Wildman–Crippen LogP) is 3.35. The fourth-order valence-electron chi connectivity index (χ4n) is 1.75. The molecule has 1 amide bonds. The minimum absolute atomic E-state index is 0. The molecular weight excluding hydrogens is 293 g/mol. The molecular formula is C11H13BrClNO2. The second-order valence-corrected chi connectivity index (χ2v) is 4.54. The van der Waals surface area contributed by atoms with Crippen molar-refractivity contribution in [2.75, 3.05) is 6.61 Å². The summed E-state index contributed by atoms with van der Waals surface area (Å²) in [6, 6.07) is 6.16. The van der Waals surface area contributed by atoms with Crippen LogP contribution in [0.1, 0.15) is 23.6 Å². The van der Waals surface area contributed by atoms with Crippen molar-refractivity contribution in [2.24, 2.45) is 0 Å². The molecule has 1 atom stereocenters. The van der Waals surface area contributed by atoms with Crippen LogP contribution >= 0.6 is 28.3 Å². The van der Waals surface area contributed by atoms with Crippen LogP contribution in [0.2, 0.25) is 0 Å². The number of carbonyl (C=O) groups excluding carboxylic acids is 1. The van der Waals surface area contributed by atoms with Crippen LogP contribution in [-0.4, -0.2) is 12.7 Å². The fraction of sp³-hybridized carbons (Fsp3) is 0.364. The summed E-state index contributed by atoms with van der Waals surface area (Å²) >= 11 is 3.43. The minimum atomic E-state index is -0.328. The van der Waals surface area contributed by atoms with Gasteiger partial charge in [0.15, 0.2) is 0 Å². The van der Waals surface area contributed by atoms with E-state index < -0.39 is 0 Å². The maximum atomic E-state index is 11.1. The summed E-state index contributed by atoms with van der Waals surface area (Å²) in [5.41, 5.74) is 2.34. The van der Waals surface area contributed by atoms with E-state index in [9.17, 15) is 4.79 Å². The molecule has 88 valence electrons. The number of ether oxygens (including phenoxy) is 1. The molecule has 1 aliphatic rings. The van der Waals surface area contributed by atoms with E-state index in [2.05, 4.69) is 21.2 Å². The molecule has 1 fully saturated rings. The second kappa shape index (κ2) is 5.55. The number of cyclic esters (lactones) is 1. The van der Waals surface area contributed by atoms with Gasteiger partial charge in [-0.25, -0.2) is 4.79 Å². The number of amides is 1. The first-order valence-corrected chi connectivity index (χ1v) is 5.65. The van der Waals surface area contributed by atoms with Crippen molar-refractivity contribution in [3.8, 4) is 0 Å². The number of nitrogens with one attached hydrogen (secondary N) is 1. The molecule has 0 spiro atoms. The summed E-state index contributed by atoms with van der Waals surface area (Å²) in [6.07, 6.45) is 0.494. The Morgan fingerprint density at radius 2 is 2.25 bits per heavy atom. The first-order valence-electron chi connectivity index (χ1n) is 4.86. The predicted molar refractivity (Wildman–Crippen MR) is 68.0 cm³/mol. The Morgan fingerprint density at radius 1 is 1.50 bits per heavy atom. The lowest BCUT2D eigenvalue weighted by Gasteiger charge is -2.25. The molecule has 3 nitrogen and oxygen atoms in total. The van der Waals surface area contributed by atoms with Crippen molar-refractivity contribution in [2.45, 2.75) is 19.4 Å². The largest absolute Gasteiger partial charge is 0.449 e. The van der Waals surface area contributed by atoms with Gasteiger partial charge in [-0.2, -0.15) is 0 Å². The van der Waals surface area contributed by atoms with Crippen molar-refractivity contribution in [1.29, 1.82) is 0 Å². The highest BCUT2D eigenvalue weighted by Crippen LogP contribution is 2.26. The average Bonchev–Trinajstić information content (AvgIpc) is 2.22. The van der Waals surface area contributed by atoms with E-state index in [1.54, 1.807) is 0 Å². The minimum Gasteiger partial charge on any atom is -0.449 e. The summed E-state index contributed by atoms with van der Waals surface area (Å²) in [5.74, 6) is 0. The number of carbonyl (C=O) groups is 1. The van der Waals surface area contributed by atoms with Crippen molar-refractivity contribution >= 4 is 34.4 Å². The fourth-order valence-corrected chi connectivity index (χ4v) is 2.12. The summed E-state index contributed by atoms with van der Waals surface area (Å²) in [7, 11) is 0. The number of alkyl carbamates (subject to hydrolysis) is 1. The van der Waals surface area contributed by atoms with Crippen molar-refractivity contribution in [3.05, 3.63) is 33.8 Å². The molecule has 0 aromatic heterocycles. The van der Waals surface area contributed by atoms with Crippen LogP contribution in [0.5, 0.6) is 0 Å². The van der Waals surface area contributed by atoms with E-state index in [0.29, 0.717) is 6.61 Å². The molecule has 1 N–H and O–H groups in total. The third-order valence-electron chi connectivity index (χ3n) is 2.55. The van der Waals surface area contributed by atoms with Crippen molar-refractivity contribution in [3.63, 3.8) is 0 Å². The Kier molecular flexibility index (Phi) is 4.62. The monoisotopic (exact) mass is 305 g/mol. The van der Waals surface area contributed by atoms with Crippen LogP contribution in [0.4, 0.5) is 4.79 Å². The van der Waals surface area contributed by atoms with Gasteiger partial charge in [0, 0.05) is 10.9 Å². The number of hydrogen-bond acceptors (Lipinski definition) is 2. The van der Waals surface area contributed by atoms with E-state index in [1.807, 2.05) is 25.1 Å². The highest BCUT2D eigenvalue weighted by molar-refractivity contribution is 9.10. The molecule has 0 aliphatic carbocycles. The SMILES string of the molecule is Cc1ccc(Br)cc1[C@H]1CCOC(=O)N1.Cl. The van der Waals surface area contributed by atoms with Crippen LogP contribution in [-0.2, 0) is 4.74 Å². The zero-order chi connectivity index (χ0) is 10.8. The Hall–Kier alpha value is -0.740. The molecule has 1 aromatic rings. The Bertz CT molecular complexity index is 398. The summed E-state index contributed by atoms with van der Waals surface area (Å²) in [4.78, 5) is 11.1. The van der Waals surface area contributed by atoms with Gasteiger partial charge < -0.3 is 10.1 Å². The first kappa shape index (κ1) is 13.3. The van der Waals surface area contributed by atoms with Crippen LogP contribution in [0.3, 0.4) is 0 Å². The molecule has 0 bridgehead atoms. The zero-order valence-electron chi connectivity index (χ0n) is 8.83. The van der Waals surface area contributed by atoms with Gasteiger partial charge >= 0.3 is 6.09 Å². The quantitative estimate of drug-likeness (QED) is 0.864. The molecule has 5 heteroatoms. The lowest BCUT2D eigenvalue weighted by atomic mass is 9.99. The maximum Gasteiger partial charge on any atom is 0.407 e. The van der Waals surface area contributed by atoms with E-state index in [-0.39, 0.29) is 24.5 Å². The molecule has 1 heterocycles. The van der Waals surface area contributed by atoms with Gasteiger partial charge in [0.05, 0.1) is 12.6 Å². The number of hydrogen-bond donors (Lipinski definition) is 1. The second-order valence-electron chi connectivity index (χ2n) is 3.62. The smallest absolute Gasteiger partial charge is 0.407 e. The number of benzene rings is 1. The highest BCUT2D eigenvalue weighted by atomic mass is 79.9. The van der Waals surface area contributed by atoms with Crippen LogP contribution < -0.4 is 5.32 Å². The van der Waals surface area contributed by atoms with Gasteiger partial charge in [-0.05, 0) is 30.2 Å². The van der Waals surface area contributed by atoms with Crippen molar-refractivity contribution < 1.29 is 9.53 Å². The molecule has 0 saturated carbocycles. The summed E-state index contributed by atoms with van der Waals surface area (Å²) < 4.78 is 5.87. The number of aryl methyl sites for hydroxylation is 1. The van der Waals surface area contributed by atoms with Gasteiger partial charge in [-0.15, -0.1) is 12.4 Å². The summed E-state index contributed by atoms with van der Waals surface area (Å²) in [5, 5.41) is 2.82. The van der Waals surface area contributed by atoms with Crippen LogP contribution in [0.15, 0.2) is 22.7 Å². The average molecular weight is 307 g/mol. The molecule has 16 heavy (non-hydrogen) atoms. The van der Waals surface area contributed by atoms with Gasteiger partial charge in [0.25, 0.3) is 0 Å². The molecule has 1 aromatic carbocycles. The third-order valence-corrected chi connectivity index (χ3v) is 3.04. The van der Waals surface area contributed by atoms with E-state index in [4.69, 9.17) is 4.74 Å². The lowest BCUT2D eigenvalue weighted by Crippen LogP contribution is -2.35. The topological polar surface area (TPSA) is 38.3 Å². The third kappa shape index (κ3) is 2.89. The molecule has 1 saturated heterocycles. The van der Waals surface area contributed by atoms with Crippen LogP contribution in [0.25, 0.3) is 0 Å².